The third-order valence-electron chi connectivity index (χ3n) is 4.75. The van der Waals surface area contributed by atoms with Gasteiger partial charge in [0.25, 0.3) is 0 Å². The summed E-state index contributed by atoms with van der Waals surface area (Å²) >= 11 is 0. The first-order valence-electron chi connectivity index (χ1n) is 10.7. The van der Waals surface area contributed by atoms with Crippen molar-refractivity contribution in [3.8, 4) is 6.01 Å². The lowest BCUT2D eigenvalue weighted by atomic mass is 10.1. The molecule has 1 fully saturated rings. The second-order valence-electron chi connectivity index (χ2n) is 7.71. The molecule has 9 heteroatoms. The van der Waals surface area contributed by atoms with Crippen LogP contribution in [0.3, 0.4) is 0 Å². The molecule has 0 atom stereocenters. The second-order valence-corrected chi connectivity index (χ2v) is 7.71. The van der Waals surface area contributed by atoms with Gasteiger partial charge in [0.2, 0.25) is 0 Å². The highest BCUT2D eigenvalue weighted by Crippen LogP contribution is 2.23. The maximum absolute atomic E-state index is 14.4. The fourth-order valence-corrected chi connectivity index (χ4v) is 3.18. The number of piperidine rings is 1. The number of ether oxygens (including phenoxy) is 2. The largest absolute Gasteiger partial charge is 0.460 e. The number of carbonyl (C=O) groups excluding carboxylic acids is 1. The Morgan fingerprint density at radius 3 is 2.74 bits per heavy atom. The smallest absolute Gasteiger partial charge is 0.410 e. The van der Waals surface area contributed by atoms with E-state index in [9.17, 15) is 9.18 Å². The Bertz CT molecular complexity index is 872. The summed E-state index contributed by atoms with van der Waals surface area (Å²) in [5, 5.41) is 6.12. The number of nitrogens with zero attached hydrogens (tertiary/aromatic N) is 3. The minimum Gasteiger partial charge on any atom is -0.460 e. The molecule has 2 aromatic rings. The number of nitrogens with one attached hydrogen (secondary N) is 2. The lowest BCUT2D eigenvalue weighted by Gasteiger charge is -2.31. The molecule has 0 aliphatic carbocycles. The highest BCUT2D eigenvalue weighted by atomic mass is 19.1. The van der Waals surface area contributed by atoms with Crippen LogP contribution >= 0.6 is 0 Å². The van der Waals surface area contributed by atoms with Crippen molar-refractivity contribution < 1.29 is 18.7 Å². The SMILES string of the molecule is CCCNc1ccc(Nc2ccnc(OC3CCN(C(=O)OC(C)C)CC3)n2)c(F)c1. The first-order valence-corrected chi connectivity index (χ1v) is 10.7. The van der Waals surface area contributed by atoms with Crippen LogP contribution in [0.15, 0.2) is 30.5 Å². The van der Waals surface area contributed by atoms with Crippen LogP contribution in [-0.2, 0) is 4.74 Å². The Morgan fingerprint density at radius 1 is 1.29 bits per heavy atom. The number of rotatable bonds is 8. The van der Waals surface area contributed by atoms with Crippen molar-refractivity contribution in [1.82, 2.24) is 14.9 Å². The summed E-state index contributed by atoms with van der Waals surface area (Å²) < 4.78 is 25.5. The van der Waals surface area contributed by atoms with Gasteiger partial charge in [-0.1, -0.05) is 6.92 Å². The third-order valence-corrected chi connectivity index (χ3v) is 4.75. The van der Waals surface area contributed by atoms with Gasteiger partial charge < -0.3 is 25.0 Å². The number of halogens is 1. The molecular weight excluding hydrogens is 401 g/mol. The van der Waals surface area contributed by atoms with E-state index in [1.165, 1.54) is 6.07 Å². The lowest BCUT2D eigenvalue weighted by molar-refractivity contribution is 0.0497. The molecule has 168 valence electrons. The van der Waals surface area contributed by atoms with Gasteiger partial charge in [0.1, 0.15) is 17.7 Å². The number of anilines is 3. The molecule has 0 bridgehead atoms. The van der Waals surface area contributed by atoms with Crippen molar-refractivity contribution in [1.29, 1.82) is 0 Å². The van der Waals surface area contributed by atoms with E-state index in [1.54, 1.807) is 23.2 Å². The predicted octanol–water partition coefficient (Wildman–Crippen LogP) is 4.57. The Hall–Kier alpha value is -3.10. The van der Waals surface area contributed by atoms with Gasteiger partial charge in [0, 0.05) is 44.4 Å². The molecule has 1 aromatic heterocycles. The van der Waals surface area contributed by atoms with Crippen LogP contribution in [0, 0.1) is 5.82 Å². The van der Waals surface area contributed by atoms with Crippen LogP contribution in [0.2, 0.25) is 0 Å². The van der Waals surface area contributed by atoms with Crippen molar-refractivity contribution in [2.75, 3.05) is 30.3 Å². The molecule has 8 nitrogen and oxygen atoms in total. The van der Waals surface area contributed by atoms with Gasteiger partial charge in [0.05, 0.1) is 11.8 Å². The topological polar surface area (TPSA) is 88.6 Å². The molecule has 3 rings (SSSR count). The molecule has 0 radical (unpaired) electrons. The minimum atomic E-state index is -0.372. The van der Waals surface area contributed by atoms with Crippen LogP contribution in [0.4, 0.5) is 26.4 Å². The fourth-order valence-electron chi connectivity index (χ4n) is 3.18. The minimum absolute atomic E-state index is 0.0981. The molecule has 31 heavy (non-hydrogen) atoms. The molecule has 1 aliphatic rings. The predicted molar refractivity (Wildman–Crippen MR) is 117 cm³/mol. The van der Waals surface area contributed by atoms with Gasteiger partial charge in [-0.15, -0.1) is 0 Å². The molecule has 0 unspecified atom stereocenters. The molecule has 0 spiro atoms. The Kier molecular flexibility index (Phi) is 7.86. The summed E-state index contributed by atoms with van der Waals surface area (Å²) in [6.07, 6.45) is 3.32. The number of likely N-dealkylation sites (tertiary alicyclic amines) is 1. The molecule has 1 aromatic carbocycles. The normalized spacial score (nSPS) is 14.4. The maximum atomic E-state index is 14.4. The lowest BCUT2D eigenvalue weighted by Crippen LogP contribution is -2.42. The zero-order chi connectivity index (χ0) is 22.2. The van der Waals surface area contributed by atoms with Crippen molar-refractivity contribution in [3.05, 3.63) is 36.3 Å². The van der Waals surface area contributed by atoms with Crippen molar-refractivity contribution >= 4 is 23.3 Å². The molecule has 2 heterocycles. The van der Waals surface area contributed by atoms with Gasteiger partial charge >= 0.3 is 12.1 Å². The van der Waals surface area contributed by atoms with E-state index in [0.717, 1.165) is 18.7 Å². The van der Waals surface area contributed by atoms with Crippen LogP contribution in [0.1, 0.15) is 40.0 Å². The zero-order valence-electron chi connectivity index (χ0n) is 18.2. The Morgan fingerprint density at radius 2 is 2.06 bits per heavy atom. The first kappa shape index (κ1) is 22.6. The Balaban J connectivity index is 1.55. The number of hydrogen-bond acceptors (Lipinski definition) is 7. The number of aromatic nitrogens is 2. The standard InChI is InChI=1S/C22H30FN5O3/c1-4-10-24-16-5-6-19(18(23)14-16)26-20-7-11-25-21(27-20)31-17-8-12-28(13-9-17)22(29)30-15(2)3/h5-7,11,14-15,17,24H,4,8-10,12-13H2,1-3H3,(H,25,26,27). The average molecular weight is 432 g/mol. The quantitative estimate of drug-likeness (QED) is 0.633. The van der Waals surface area contributed by atoms with E-state index >= 15 is 0 Å². The van der Waals surface area contributed by atoms with Gasteiger partial charge in [-0.2, -0.15) is 4.98 Å². The molecule has 1 saturated heterocycles. The van der Waals surface area contributed by atoms with Crippen molar-refractivity contribution in [2.24, 2.45) is 0 Å². The zero-order valence-corrected chi connectivity index (χ0v) is 18.2. The summed E-state index contributed by atoms with van der Waals surface area (Å²) in [6.45, 7) is 7.61. The molecule has 1 amide bonds. The summed E-state index contributed by atoms with van der Waals surface area (Å²) in [6, 6.07) is 6.81. The van der Waals surface area contributed by atoms with E-state index in [4.69, 9.17) is 9.47 Å². The molecule has 0 saturated carbocycles. The fraction of sp³-hybridized carbons (Fsp3) is 0.500. The van der Waals surface area contributed by atoms with E-state index in [2.05, 4.69) is 27.5 Å². The summed E-state index contributed by atoms with van der Waals surface area (Å²) in [4.78, 5) is 22.2. The van der Waals surface area contributed by atoms with Crippen LogP contribution < -0.4 is 15.4 Å². The summed E-state index contributed by atoms with van der Waals surface area (Å²) in [7, 11) is 0. The van der Waals surface area contributed by atoms with Crippen LogP contribution in [0.5, 0.6) is 6.01 Å². The van der Waals surface area contributed by atoms with Gasteiger partial charge in [0.15, 0.2) is 0 Å². The highest BCUT2D eigenvalue weighted by Gasteiger charge is 2.26. The molecule has 2 N–H and O–H groups in total. The summed E-state index contributed by atoms with van der Waals surface area (Å²) in [5.74, 6) is 0.0685. The molecule has 1 aliphatic heterocycles. The number of benzene rings is 1. The maximum Gasteiger partial charge on any atom is 0.410 e. The van der Waals surface area contributed by atoms with Gasteiger partial charge in [-0.3, -0.25) is 0 Å². The third kappa shape index (κ3) is 6.70. The van der Waals surface area contributed by atoms with Crippen molar-refractivity contribution in [3.63, 3.8) is 0 Å². The van der Waals surface area contributed by atoms with E-state index in [-0.39, 0.29) is 30.1 Å². The summed E-state index contributed by atoms with van der Waals surface area (Å²) in [5.41, 5.74) is 1.06. The van der Waals surface area contributed by atoms with E-state index in [1.807, 2.05) is 19.9 Å². The number of amides is 1. The number of hydrogen-bond donors (Lipinski definition) is 2. The Labute approximate surface area is 182 Å². The number of carbonyl (C=O) groups is 1. The highest BCUT2D eigenvalue weighted by molar-refractivity contribution is 5.67. The van der Waals surface area contributed by atoms with Crippen LogP contribution in [0.25, 0.3) is 0 Å². The van der Waals surface area contributed by atoms with Gasteiger partial charge in [-0.05, 0) is 44.5 Å². The van der Waals surface area contributed by atoms with E-state index < -0.39 is 0 Å². The van der Waals surface area contributed by atoms with Crippen LogP contribution in [-0.4, -0.2) is 52.8 Å². The second kappa shape index (κ2) is 10.8. The van der Waals surface area contributed by atoms with E-state index in [0.29, 0.717) is 37.4 Å². The first-order chi connectivity index (χ1) is 14.9. The average Bonchev–Trinajstić information content (AvgIpc) is 2.74. The van der Waals surface area contributed by atoms with Gasteiger partial charge in [-0.25, -0.2) is 14.2 Å². The molecular formula is C22H30FN5O3. The van der Waals surface area contributed by atoms with Crippen molar-refractivity contribution in [2.45, 2.75) is 52.2 Å². The monoisotopic (exact) mass is 431 g/mol.